The second-order valence-electron chi connectivity index (χ2n) is 4.74. The quantitative estimate of drug-likeness (QED) is 0.657. The van der Waals surface area contributed by atoms with Gasteiger partial charge in [-0.1, -0.05) is 29.8 Å². The van der Waals surface area contributed by atoms with Crippen LogP contribution in [0.5, 0.6) is 0 Å². The number of benzene rings is 2. The van der Waals surface area contributed by atoms with Crippen molar-refractivity contribution in [2.45, 2.75) is 13.8 Å². The van der Waals surface area contributed by atoms with Crippen molar-refractivity contribution in [2.75, 3.05) is 0 Å². The number of carbonyl (C=O) groups excluding carboxylic acids is 2. The Labute approximate surface area is 105 Å². The lowest BCUT2D eigenvalue weighted by atomic mass is 9.87. The average Bonchev–Trinajstić information content (AvgIpc) is 2.36. The summed E-state index contributed by atoms with van der Waals surface area (Å²) in [5.41, 5.74) is 3.05. The maximum atomic E-state index is 12.0. The van der Waals surface area contributed by atoms with E-state index in [1.807, 2.05) is 31.2 Å². The predicted molar refractivity (Wildman–Crippen MR) is 71.7 cm³/mol. The van der Waals surface area contributed by atoms with Crippen LogP contribution in [0.4, 0.5) is 0 Å². The van der Waals surface area contributed by atoms with Crippen molar-refractivity contribution in [3.8, 4) is 0 Å². The van der Waals surface area contributed by atoms with E-state index in [1.165, 1.54) is 0 Å². The highest BCUT2D eigenvalue weighted by Gasteiger charge is 2.25. The zero-order chi connectivity index (χ0) is 12.9. The van der Waals surface area contributed by atoms with E-state index < -0.39 is 11.6 Å². The Hall–Kier alpha value is -2.22. The van der Waals surface area contributed by atoms with E-state index in [1.54, 1.807) is 13.0 Å². The van der Waals surface area contributed by atoms with Crippen LogP contribution in [-0.2, 0) is 4.79 Å². The van der Waals surface area contributed by atoms with E-state index in [0.717, 1.165) is 21.9 Å². The maximum absolute atomic E-state index is 12.0. The molecule has 0 atom stereocenters. The molecule has 3 rings (SSSR count). The van der Waals surface area contributed by atoms with Crippen molar-refractivity contribution in [3.05, 3.63) is 52.6 Å². The molecular weight excluding hydrogens is 224 g/mol. The van der Waals surface area contributed by atoms with Gasteiger partial charge in [0.1, 0.15) is 0 Å². The molecule has 0 aliphatic heterocycles. The lowest BCUT2D eigenvalue weighted by Crippen LogP contribution is -2.20. The highest BCUT2D eigenvalue weighted by Crippen LogP contribution is 2.29. The van der Waals surface area contributed by atoms with Gasteiger partial charge >= 0.3 is 0 Å². The van der Waals surface area contributed by atoms with Gasteiger partial charge in [0, 0.05) is 11.1 Å². The third-order valence-corrected chi connectivity index (χ3v) is 3.39. The molecule has 2 nitrogen and oxygen atoms in total. The molecule has 0 bridgehead atoms. The lowest BCUT2D eigenvalue weighted by molar-refractivity contribution is -0.111. The molecule has 1 aliphatic carbocycles. The van der Waals surface area contributed by atoms with Gasteiger partial charge in [-0.05, 0) is 42.3 Å². The summed E-state index contributed by atoms with van der Waals surface area (Å²) in [6, 6.07) is 9.78. The third-order valence-electron chi connectivity index (χ3n) is 3.39. The van der Waals surface area contributed by atoms with E-state index in [9.17, 15) is 9.59 Å². The van der Waals surface area contributed by atoms with E-state index in [0.29, 0.717) is 11.1 Å². The van der Waals surface area contributed by atoms with Crippen LogP contribution in [0.3, 0.4) is 0 Å². The number of allylic oxidation sites excluding steroid dienone is 1. The minimum absolute atomic E-state index is 0.394. The smallest absolute Gasteiger partial charge is 0.233 e. The zero-order valence-electron chi connectivity index (χ0n) is 10.3. The fourth-order valence-corrected chi connectivity index (χ4v) is 2.39. The largest absolute Gasteiger partial charge is 0.285 e. The van der Waals surface area contributed by atoms with Gasteiger partial charge in [-0.25, -0.2) is 0 Å². The van der Waals surface area contributed by atoms with Gasteiger partial charge in [0.25, 0.3) is 0 Å². The first-order valence-corrected chi connectivity index (χ1v) is 5.88. The SMILES string of the molecule is CC1=Cc2c(ccc3ccc(C)cc23)C(=O)C1=O. The molecule has 2 aromatic rings. The molecule has 0 heterocycles. The molecule has 2 aromatic carbocycles. The maximum Gasteiger partial charge on any atom is 0.233 e. The van der Waals surface area contributed by atoms with Crippen LogP contribution in [0.15, 0.2) is 35.9 Å². The topological polar surface area (TPSA) is 34.1 Å². The third kappa shape index (κ3) is 1.42. The second kappa shape index (κ2) is 3.64. The van der Waals surface area contributed by atoms with E-state index in [2.05, 4.69) is 6.07 Å². The number of ketones is 2. The summed E-state index contributed by atoms with van der Waals surface area (Å²) in [7, 11) is 0. The number of rotatable bonds is 0. The number of carbonyl (C=O) groups is 2. The number of aryl methyl sites for hydroxylation is 1. The Kier molecular flexibility index (Phi) is 2.20. The molecule has 88 valence electrons. The molecular formula is C16H12O2. The van der Waals surface area contributed by atoms with Crippen molar-refractivity contribution in [3.63, 3.8) is 0 Å². The van der Waals surface area contributed by atoms with Crippen molar-refractivity contribution < 1.29 is 9.59 Å². The first kappa shape index (κ1) is 10.9. The van der Waals surface area contributed by atoms with Gasteiger partial charge < -0.3 is 0 Å². The van der Waals surface area contributed by atoms with Gasteiger partial charge in [-0.15, -0.1) is 0 Å². The normalized spacial score (nSPS) is 14.7. The first-order chi connectivity index (χ1) is 8.58. The van der Waals surface area contributed by atoms with E-state index in [-0.39, 0.29) is 0 Å². The Bertz CT molecular complexity index is 736. The number of hydrogen-bond donors (Lipinski definition) is 0. The monoisotopic (exact) mass is 236 g/mol. The number of hydrogen-bond acceptors (Lipinski definition) is 2. The Morgan fingerprint density at radius 3 is 2.39 bits per heavy atom. The van der Waals surface area contributed by atoms with Crippen LogP contribution in [-0.4, -0.2) is 11.6 Å². The Morgan fingerprint density at radius 2 is 1.61 bits per heavy atom. The van der Waals surface area contributed by atoms with Gasteiger partial charge in [0.15, 0.2) is 0 Å². The summed E-state index contributed by atoms with van der Waals surface area (Å²) in [6.45, 7) is 3.71. The molecule has 0 aromatic heterocycles. The fraction of sp³-hybridized carbons (Fsp3) is 0.125. The molecule has 2 heteroatoms. The van der Waals surface area contributed by atoms with Crippen LogP contribution < -0.4 is 0 Å². The van der Waals surface area contributed by atoms with Gasteiger partial charge in [-0.2, -0.15) is 0 Å². The van der Waals surface area contributed by atoms with Crippen LogP contribution >= 0.6 is 0 Å². The van der Waals surface area contributed by atoms with Crippen LogP contribution in [0.25, 0.3) is 16.8 Å². The summed E-state index contributed by atoms with van der Waals surface area (Å²) < 4.78 is 0. The molecule has 0 fully saturated rings. The van der Waals surface area contributed by atoms with Crippen LogP contribution in [0, 0.1) is 6.92 Å². The number of Topliss-reactive ketones (excluding diaryl/α,β-unsaturated/α-hetero) is 2. The van der Waals surface area contributed by atoms with Crippen molar-refractivity contribution >= 4 is 28.4 Å². The molecule has 0 spiro atoms. The minimum Gasteiger partial charge on any atom is -0.285 e. The van der Waals surface area contributed by atoms with Crippen molar-refractivity contribution in [1.29, 1.82) is 0 Å². The van der Waals surface area contributed by atoms with Gasteiger partial charge in [0.05, 0.1) is 0 Å². The molecule has 1 aliphatic rings. The predicted octanol–water partition coefficient (Wildman–Crippen LogP) is 3.32. The fourth-order valence-electron chi connectivity index (χ4n) is 2.39. The van der Waals surface area contributed by atoms with E-state index >= 15 is 0 Å². The van der Waals surface area contributed by atoms with Gasteiger partial charge in [-0.3, -0.25) is 9.59 Å². The highest BCUT2D eigenvalue weighted by molar-refractivity contribution is 6.52. The Balaban J connectivity index is 2.44. The molecule has 0 N–H and O–H groups in total. The highest BCUT2D eigenvalue weighted by atomic mass is 16.2. The molecule has 0 saturated carbocycles. The average molecular weight is 236 g/mol. The number of fused-ring (bicyclic) bond motifs is 3. The Morgan fingerprint density at radius 1 is 0.889 bits per heavy atom. The van der Waals surface area contributed by atoms with Crippen LogP contribution in [0.1, 0.15) is 28.4 Å². The second-order valence-corrected chi connectivity index (χ2v) is 4.74. The minimum atomic E-state index is -0.395. The molecule has 0 unspecified atom stereocenters. The molecule has 0 amide bonds. The zero-order valence-corrected chi connectivity index (χ0v) is 10.3. The summed E-state index contributed by atoms with van der Waals surface area (Å²) >= 11 is 0. The first-order valence-electron chi connectivity index (χ1n) is 5.88. The summed E-state index contributed by atoms with van der Waals surface area (Å²) in [4.78, 5) is 23.6. The van der Waals surface area contributed by atoms with Gasteiger partial charge in [0.2, 0.25) is 11.6 Å². The summed E-state index contributed by atoms with van der Waals surface area (Å²) in [5, 5.41) is 2.12. The molecule has 0 radical (unpaired) electrons. The summed E-state index contributed by atoms with van der Waals surface area (Å²) in [6.07, 6.45) is 1.82. The lowest BCUT2D eigenvalue weighted by Gasteiger charge is -2.14. The standard InChI is InChI=1S/C16H12O2/c1-9-3-4-11-5-6-12-14(13(11)7-9)8-10(2)15(17)16(12)18/h3-8H,1-2H3. The van der Waals surface area contributed by atoms with Crippen LogP contribution in [0.2, 0.25) is 0 Å². The van der Waals surface area contributed by atoms with E-state index in [4.69, 9.17) is 0 Å². The van der Waals surface area contributed by atoms with Crippen molar-refractivity contribution in [2.24, 2.45) is 0 Å². The summed E-state index contributed by atoms with van der Waals surface area (Å²) in [5.74, 6) is -0.789. The molecule has 18 heavy (non-hydrogen) atoms. The van der Waals surface area contributed by atoms with Crippen molar-refractivity contribution in [1.82, 2.24) is 0 Å². The molecule has 0 saturated heterocycles.